The molecule has 0 N–H and O–H groups in total. The molecule has 1 rings (SSSR count). The van der Waals surface area contributed by atoms with Gasteiger partial charge >= 0.3 is 6.09 Å². The topological polar surface area (TPSA) is 29.5 Å². The minimum absolute atomic E-state index is 0.227. The van der Waals surface area contributed by atoms with Gasteiger partial charge in [-0.05, 0) is 0 Å². The van der Waals surface area contributed by atoms with E-state index in [1.54, 1.807) is 7.05 Å². The Bertz CT molecular complexity index is 80.9. The maximum absolute atomic E-state index is 9.93. The Morgan fingerprint density at radius 2 is 2.50 bits per heavy atom. The molecule has 1 saturated heterocycles. The summed E-state index contributed by atoms with van der Waals surface area (Å²) < 4.78 is 4.33. The number of carbonyl (C=O) groups is 1. The van der Waals surface area contributed by atoms with Gasteiger partial charge in [0.2, 0.25) is 0 Å². The van der Waals surface area contributed by atoms with Gasteiger partial charge in [0.05, 0.1) is 0 Å². The van der Waals surface area contributed by atoms with Crippen molar-refractivity contribution in [2.45, 2.75) is 0 Å². The molecule has 0 unspecified atom stereocenters. The Hall–Kier alpha value is -0.730. The van der Waals surface area contributed by atoms with Crippen molar-refractivity contribution in [1.29, 1.82) is 0 Å². The molecular formula is C3H5NO2. The van der Waals surface area contributed by atoms with Gasteiger partial charge in [0.25, 0.3) is 0 Å². The van der Waals surface area contributed by atoms with Crippen LogP contribution in [-0.2, 0) is 4.74 Å². The normalized spacial score (nSPS) is 19.5. The molecule has 0 spiro atoms. The summed E-state index contributed by atoms with van der Waals surface area (Å²) in [5.41, 5.74) is 0. The predicted octanol–water partition coefficient (Wildman–Crippen LogP) is 0.0259. The summed E-state index contributed by atoms with van der Waals surface area (Å²) in [5, 5.41) is 0. The second kappa shape index (κ2) is 0.864. The highest BCUT2D eigenvalue weighted by molar-refractivity contribution is 5.70. The number of hydrogen-bond donors (Lipinski definition) is 0. The highest BCUT2D eigenvalue weighted by Crippen LogP contribution is 1.99. The lowest BCUT2D eigenvalue weighted by Crippen LogP contribution is -2.41. The van der Waals surface area contributed by atoms with Crippen LogP contribution in [0.3, 0.4) is 0 Å². The van der Waals surface area contributed by atoms with Crippen LogP contribution >= 0.6 is 0 Å². The third-order valence-electron chi connectivity index (χ3n) is 0.693. The number of hydrogen-bond acceptors (Lipinski definition) is 2. The largest absolute Gasteiger partial charge is 0.428 e. The van der Waals surface area contributed by atoms with Gasteiger partial charge in [0, 0.05) is 7.05 Å². The average molecular weight is 87.1 g/mol. The molecule has 0 atom stereocenters. The van der Waals surface area contributed by atoms with Crippen molar-refractivity contribution in [3.05, 3.63) is 0 Å². The Morgan fingerprint density at radius 1 is 2.00 bits per heavy atom. The van der Waals surface area contributed by atoms with Crippen LogP contribution in [0.15, 0.2) is 0 Å². The maximum atomic E-state index is 9.93. The van der Waals surface area contributed by atoms with E-state index in [0.29, 0.717) is 6.73 Å². The molecule has 0 aromatic rings. The molecule has 1 fully saturated rings. The average Bonchev–Trinajstić information content (AvgIpc) is 1.61. The molecule has 0 aromatic heterocycles. The van der Waals surface area contributed by atoms with Crippen LogP contribution in [0.2, 0.25) is 0 Å². The molecule has 0 saturated carbocycles. The Balaban J connectivity index is 2.39. The van der Waals surface area contributed by atoms with Gasteiger partial charge in [-0.3, -0.25) is 4.90 Å². The molecule has 0 aliphatic carbocycles. The second-order valence-corrected chi connectivity index (χ2v) is 1.24. The quantitative estimate of drug-likeness (QED) is 0.417. The fourth-order valence-corrected chi connectivity index (χ4v) is 0.246. The van der Waals surface area contributed by atoms with E-state index in [-0.39, 0.29) is 6.09 Å². The highest BCUT2D eigenvalue weighted by Gasteiger charge is 2.19. The van der Waals surface area contributed by atoms with E-state index in [4.69, 9.17) is 0 Å². The van der Waals surface area contributed by atoms with Crippen LogP contribution in [0.1, 0.15) is 0 Å². The van der Waals surface area contributed by atoms with Crippen LogP contribution < -0.4 is 0 Å². The number of amides is 1. The van der Waals surface area contributed by atoms with Gasteiger partial charge in [-0.1, -0.05) is 0 Å². The summed E-state index contributed by atoms with van der Waals surface area (Å²) in [5.74, 6) is 0. The van der Waals surface area contributed by atoms with Crippen LogP contribution in [0, 0.1) is 0 Å². The summed E-state index contributed by atoms with van der Waals surface area (Å²) in [6, 6.07) is 0. The molecule has 1 heterocycles. The lowest BCUT2D eigenvalue weighted by molar-refractivity contribution is -0.00565. The molecule has 1 amide bonds. The summed E-state index contributed by atoms with van der Waals surface area (Å²) in [4.78, 5) is 11.4. The fourth-order valence-electron chi connectivity index (χ4n) is 0.246. The lowest BCUT2D eigenvalue weighted by Gasteiger charge is -2.24. The van der Waals surface area contributed by atoms with Crippen molar-refractivity contribution in [3.8, 4) is 0 Å². The van der Waals surface area contributed by atoms with E-state index in [2.05, 4.69) is 4.74 Å². The number of carbonyl (C=O) groups excluding carboxylic acids is 1. The second-order valence-electron chi connectivity index (χ2n) is 1.24. The number of nitrogens with zero attached hydrogens (tertiary/aromatic N) is 1. The number of rotatable bonds is 0. The van der Waals surface area contributed by atoms with Crippen LogP contribution in [-0.4, -0.2) is 24.8 Å². The van der Waals surface area contributed by atoms with Gasteiger partial charge in [0.15, 0.2) is 6.73 Å². The fraction of sp³-hybridized carbons (Fsp3) is 0.667. The van der Waals surface area contributed by atoms with Gasteiger partial charge in [-0.25, -0.2) is 4.79 Å². The summed E-state index contributed by atoms with van der Waals surface area (Å²) in [6.07, 6.45) is -0.227. The zero-order chi connectivity index (χ0) is 4.57. The van der Waals surface area contributed by atoms with E-state index >= 15 is 0 Å². The summed E-state index contributed by atoms with van der Waals surface area (Å²) in [7, 11) is 1.69. The Labute approximate surface area is 35.5 Å². The van der Waals surface area contributed by atoms with Crippen molar-refractivity contribution in [2.75, 3.05) is 13.8 Å². The van der Waals surface area contributed by atoms with Gasteiger partial charge in [0.1, 0.15) is 0 Å². The smallest absolute Gasteiger partial charge is 0.413 e. The van der Waals surface area contributed by atoms with Crippen molar-refractivity contribution in [3.63, 3.8) is 0 Å². The van der Waals surface area contributed by atoms with E-state index in [1.807, 2.05) is 0 Å². The van der Waals surface area contributed by atoms with Gasteiger partial charge in [-0.15, -0.1) is 0 Å². The third kappa shape index (κ3) is 0.246. The molecule has 0 aromatic carbocycles. The van der Waals surface area contributed by atoms with E-state index in [9.17, 15) is 4.79 Å². The van der Waals surface area contributed by atoms with E-state index < -0.39 is 0 Å². The minimum atomic E-state index is -0.227. The molecule has 3 nitrogen and oxygen atoms in total. The summed E-state index contributed by atoms with van der Waals surface area (Å²) >= 11 is 0. The minimum Gasteiger partial charge on any atom is -0.428 e. The Kier molecular flexibility index (Phi) is 0.498. The van der Waals surface area contributed by atoms with E-state index in [0.717, 1.165) is 0 Å². The monoisotopic (exact) mass is 87.0 g/mol. The van der Waals surface area contributed by atoms with Gasteiger partial charge in [-0.2, -0.15) is 0 Å². The van der Waals surface area contributed by atoms with Crippen molar-refractivity contribution < 1.29 is 9.53 Å². The summed E-state index contributed by atoms with van der Waals surface area (Å²) in [6.45, 7) is 0.457. The van der Waals surface area contributed by atoms with Crippen molar-refractivity contribution >= 4 is 6.09 Å². The van der Waals surface area contributed by atoms with Crippen molar-refractivity contribution in [1.82, 2.24) is 4.90 Å². The van der Waals surface area contributed by atoms with Crippen LogP contribution in [0.5, 0.6) is 0 Å². The van der Waals surface area contributed by atoms with Crippen LogP contribution in [0.4, 0.5) is 4.79 Å². The molecule has 1 aliphatic heterocycles. The standard InChI is InChI=1S/C3H5NO2/c1-4-2-6-3(4)5/h2H2,1H3. The van der Waals surface area contributed by atoms with Gasteiger partial charge < -0.3 is 4.74 Å². The SMILES string of the molecule is CN1COC1=O. The third-order valence-corrected chi connectivity index (χ3v) is 0.693. The molecule has 3 heteroatoms. The first-order valence-corrected chi connectivity index (χ1v) is 1.68. The van der Waals surface area contributed by atoms with Crippen LogP contribution in [0.25, 0.3) is 0 Å². The zero-order valence-electron chi connectivity index (χ0n) is 3.47. The number of ether oxygens (including phenoxy) is 1. The maximum Gasteiger partial charge on any atom is 0.413 e. The highest BCUT2D eigenvalue weighted by atomic mass is 16.6. The van der Waals surface area contributed by atoms with Crippen molar-refractivity contribution in [2.24, 2.45) is 0 Å². The van der Waals surface area contributed by atoms with E-state index in [1.165, 1.54) is 4.90 Å². The first-order valence-electron chi connectivity index (χ1n) is 1.68. The molecule has 6 heavy (non-hydrogen) atoms. The number of cyclic esters (lactones) is 1. The first-order chi connectivity index (χ1) is 2.80. The molecule has 0 radical (unpaired) electrons. The predicted molar refractivity (Wildman–Crippen MR) is 19.1 cm³/mol. The zero-order valence-corrected chi connectivity index (χ0v) is 3.47. The Morgan fingerprint density at radius 3 is 2.50 bits per heavy atom. The molecule has 0 bridgehead atoms. The molecular weight excluding hydrogens is 82.0 g/mol. The lowest BCUT2D eigenvalue weighted by atomic mass is 10.8. The molecule has 1 aliphatic rings. The molecule has 34 valence electrons. The first kappa shape index (κ1) is 3.46.